The third kappa shape index (κ3) is 1.24. The van der Waals surface area contributed by atoms with E-state index in [0.717, 1.165) is 18.3 Å². The topological polar surface area (TPSA) is 32.7 Å². The zero-order chi connectivity index (χ0) is 8.77. The second-order valence-electron chi connectivity index (χ2n) is 4.03. The minimum absolute atomic E-state index is 0.157. The van der Waals surface area contributed by atoms with Gasteiger partial charge in [-0.15, -0.1) is 0 Å². The van der Waals surface area contributed by atoms with E-state index in [1.165, 1.54) is 0 Å². The number of rotatable bonds is 0. The highest BCUT2D eigenvalue weighted by Crippen LogP contribution is 2.29. The molecule has 0 atom stereocenters. The van der Waals surface area contributed by atoms with E-state index in [-0.39, 0.29) is 11.3 Å². The Morgan fingerprint density at radius 2 is 2.33 bits per heavy atom. The smallest absolute Gasteiger partial charge is 0.239 e. The number of amides is 1. The van der Waals surface area contributed by atoms with Crippen LogP contribution in [-0.4, -0.2) is 34.8 Å². The molecule has 0 spiro atoms. The lowest BCUT2D eigenvalue weighted by atomic mass is 9.92. The predicted molar refractivity (Wildman–Crippen MR) is 50.3 cm³/mol. The molecule has 1 amide bonds. The normalized spacial score (nSPS) is 27.0. The zero-order valence-electron chi connectivity index (χ0n) is 7.33. The lowest BCUT2D eigenvalue weighted by Gasteiger charge is -2.32. The average Bonchev–Trinajstić information content (AvgIpc) is 2.31. The molecule has 1 saturated heterocycles. The van der Waals surface area contributed by atoms with Crippen LogP contribution in [0.1, 0.15) is 13.8 Å². The minimum atomic E-state index is 0.157. The van der Waals surface area contributed by atoms with Gasteiger partial charge < -0.3 is 0 Å². The molecule has 0 aromatic carbocycles. The van der Waals surface area contributed by atoms with E-state index in [0.29, 0.717) is 5.75 Å². The van der Waals surface area contributed by atoms with E-state index < -0.39 is 0 Å². The van der Waals surface area contributed by atoms with Crippen molar-refractivity contribution in [3.63, 3.8) is 0 Å². The first-order chi connectivity index (χ1) is 5.58. The van der Waals surface area contributed by atoms with E-state index in [9.17, 15) is 4.79 Å². The third-order valence-corrected chi connectivity index (χ3v) is 3.08. The van der Waals surface area contributed by atoms with E-state index in [2.05, 4.69) is 18.8 Å². The maximum absolute atomic E-state index is 11.3. The van der Waals surface area contributed by atoms with Gasteiger partial charge >= 0.3 is 0 Å². The Hall–Kier alpha value is -0.510. The van der Waals surface area contributed by atoms with E-state index in [1.807, 2.05) is 4.90 Å². The van der Waals surface area contributed by atoms with Crippen LogP contribution in [0.25, 0.3) is 0 Å². The summed E-state index contributed by atoms with van der Waals surface area (Å²) in [5, 5.41) is 0.930. The van der Waals surface area contributed by atoms with Crippen LogP contribution in [-0.2, 0) is 4.79 Å². The van der Waals surface area contributed by atoms with Crippen molar-refractivity contribution in [2.45, 2.75) is 13.8 Å². The highest BCUT2D eigenvalue weighted by atomic mass is 32.2. The van der Waals surface area contributed by atoms with Gasteiger partial charge in [-0.05, 0) is 0 Å². The fourth-order valence-corrected chi connectivity index (χ4v) is 2.32. The maximum Gasteiger partial charge on any atom is 0.239 e. The highest BCUT2D eigenvalue weighted by Gasteiger charge is 2.36. The fourth-order valence-electron chi connectivity index (χ4n) is 1.44. The molecule has 0 N–H and O–H groups in total. The summed E-state index contributed by atoms with van der Waals surface area (Å²) in [7, 11) is 0. The van der Waals surface area contributed by atoms with Crippen molar-refractivity contribution in [1.82, 2.24) is 4.90 Å². The Morgan fingerprint density at radius 1 is 1.58 bits per heavy atom. The van der Waals surface area contributed by atoms with Crippen molar-refractivity contribution >= 4 is 22.8 Å². The summed E-state index contributed by atoms with van der Waals surface area (Å²) < 4.78 is 0. The van der Waals surface area contributed by atoms with Crippen molar-refractivity contribution < 1.29 is 4.79 Å². The van der Waals surface area contributed by atoms with Gasteiger partial charge in [0.15, 0.2) is 5.17 Å². The molecule has 0 saturated carbocycles. The number of aliphatic imine (C=N–C) groups is 1. The summed E-state index contributed by atoms with van der Waals surface area (Å²) in [4.78, 5) is 17.5. The van der Waals surface area contributed by atoms with Gasteiger partial charge in [0.05, 0.1) is 5.75 Å². The molecule has 0 radical (unpaired) electrons. The lowest BCUT2D eigenvalue weighted by molar-refractivity contribution is -0.125. The van der Waals surface area contributed by atoms with Crippen molar-refractivity contribution in [3.8, 4) is 0 Å². The van der Waals surface area contributed by atoms with Crippen LogP contribution in [0.15, 0.2) is 4.99 Å². The van der Waals surface area contributed by atoms with Crippen LogP contribution in [0, 0.1) is 5.41 Å². The van der Waals surface area contributed by atoms with Crippen molar-refractivity contribution in [3.05, 3.63) is 0 Å². The third-order valence-electron chi connectivity index (χ3n) is 2.09. The second kappa shape index (κ2) is 2.49. The van der Waals surface area contributed by atoms with Gasteiger partial charge in [0.25, 0.3) is 0 Å². The molecule has 0 bridgehead atoms. The summed E-state index contributed by atoms with van der Waals surface area (Å²) in [6, 6.07) is 0. The maximum atomic E-state index is 11.3. The van der Waals surface area contributed by atoms with Crippen molar-refractivity contribution in [1.29, 1.82) is 0 Å². The monoisotopic (exact) mass is 184 g/mol. The van der Waals surface area contributed by atoms with Gasteiger partial charge in [-0.1, -0.05) is 25.6 Å². The number of carbonyl (C=O) groups excluding carboxylic acids is 1. The lowest BCUT2D eigenvalue weighted by Crippen LogP contribution is -2.43. The molecule has 12 heavy (non-hydrogen) atoms. The molecule has 0 unspecified atom stereocenters. The summed E-state index contributed by atoms with van der Waals surface area (Å²) in [6.07, 6.45) is 0. The van der Waals surface area contributed by atoms with Crippen LogP contribution in [0.4, 0.5) is 0 Å². The summed E-state index contributed by atoms with van der Waals surface area (Å²) in [5.74, 6) is 0.793. The molecule has 2 rings (SSSR count). The molecular formula is C8H12N2OS. The summed E-state index contributed by atoms with van der Waals surface area (Å²) in [6.45, 7) is 5.96. The molecule has 2 aliphatic rings. The average molecular weight is 184 g/mol. The summed E-state index contributed by atoms with van der Waals surface area (Å²) >= 11 is 1.56. The van der Waals surface area contributed by atoms with Gasteiger partial charge in [-0.2, -0.15) is 0 Å². The van der Waals surface area contributed by atoms with Gasteiger partial charge in [-0.3, -0.25) is 14.7 Å². The molecule has 0 aromatic rings. The fraction of sp³-hybridized carbons (Fsp3) is 0.750. The Kier molecular flexibility index (Phi) is 1.68. The van der Waals surface area contributed by atoms with Crippen molar-refractivity contribution in [2.24, 2.45) is 10.4 Å². The van der Waals surface area contributed by atoms with Crippen LogP contribution >= 0.6 is 11.8 Å². The van der Waals surface area contributed by atoms with Gasteiger partial charge in [-0.25, -0.2) is 0 Å². The Labute approximate surface area is 76.2 Å². The number of hydrogen-bond acceptors (Lipinski definition) is 3. The molecule has 3 nitrogen and oxygen atoms in total. The Morgan fingerprint density at radius 3 is 3.08 bits per heavy atom. The molecule has 1 fully saturated rings. The Bertz CT molecular complexity index is 260. The first-order valence-electron chi connectivity index (χ1n) is 4.06. The Balaban J connectivity index is 2.25. The molecule has 2 heterocycles. The first-order valence-corrected chi connectivity index (χ1v) is 5.05. The molecule has 2 aliphatic heterocycles. The minimum Gasteiger partial charge on any atom is -0.290 e. The number of carbonyl (C=O) groups is 1. The molecular weight excluding hydrogens is 172 g/mol. The van der Waals surface area contributed by atoms with Gasteiger partial charge in [0, 0.05) is 18.5 Å². The predicted octanol–water partition coefficient (Wildman–Crippen LogP) is 0.958. The number of amidine groups is 1. The zero-order valence-corrected chi connectivity index (χ0v) is 8.15. The van der Waals surface area contributed by atoms with Crippen molar-refractivity contribution in [2.75, 3.05) is 18.8 Å². The number of thioether (sulfide) groups is 1. The molecule has 4 heteroatoms. The molecule has 66 valence electrons. The first kappa shape index (κ1) is 8.10. The second-order valence-corrected chi connectivity index (χ2v) is 4.97. The quantitative estimate of drug-likeness (QED) is 0.561. The summed E-state index contributed by atoms with van der Waals surface area (Å²) in [5.41, 5.74) is 0.157. The van der Waals surface area contributed by atoms with E-state index in [4.69, 9.17) is 0 Å². The largest absolute Gasteiger partial charge is 0.290 e. The van der Waals surface area contributed by atoms with Crippen LogP contribution in [0.2, 0.25) is 0 Å². The van der Waals surface area contributed by atoms with E-state index >= 15 is 0 Å². The molecule has 0 aromatic heterocycles. The van der Waals surface area contributed by atoms with Gasteiger partial charge in [0.2, 0.25) is 5.91 Å². The SMILES string of the molecule is CC1(C)CN=C2SCC(=O)N2C1. The highest BCUT2D eigenvalue weighted by molar-refractivity contribution is 8.15. The van der Waals surface area contributed by atoms with Crippen LogP contribution in [0.5, 0.6) is 0 Å². The number of nitrogens with zero attached hydrogens (tertiary/aromatic N) is 2. The van der Waals surface area contributed by atoms with E-state index in [1.54, 1.807) is 11.8 Å². The number of fused-ring (bicyclic) bond motifs is 1. The van der Waals surface area contributed by atoms with Gasteiger partial charge in [0.1, 0.15) is 0 Å². The molecule has 0 aliphatic carbocycles. The van der Waals surface area contributed by atoms with Crippen LogP contribution in [0.3, 0.4) is 0 Å². The number of hydrogen-bond donors (Lipinski definition) is 0. The standard InChI is InChI=1S/C8H12N2OS/c1-8(2)4-9-7-10(5-8)6(11)3-12-7/h3-5H2,1-2H3. The van der Waals surface area contributed by atoms with Crippen LogP contribution < -0.4 is 0 Å².